The van der Waals surface area contributed by atoms with Crippen molar-refractivity contribution in [3.63, 3.8) is 0 Å². The Kier molecular flexibility index (Phi) is 4.59. The highest BCUT2D eigenvalue weighted by Crippen LogP contribution is 2.28. The average Bonchev–Trinajstić information content (AvgIpc) is 3.24. The predicted octanol–water partition coefficient (Wildman–Crippen LogP) is 2.99. The summed E-state index contributed by atoms with van der Waals surface area (Å²) in [6, 6.07) is 14.8. The van der Waals surface area contributed by atoms with Gasteiger partial charge in [-0.2, -0.15) is 0 Å². The van der Waals surface area contributed by atoms with E-state index in [0.29, 0.717) is 11.6 Å². The molecule has 0 fully saturated rings. The van der Waals surface area contributed by atoms with E-state index in [1.165, 1.54) is 0 Å². The van der Waals surface area contributed by atoms with Crippen LogP contribution in [-0.2, 0) is 0 Å². The monoisotopic (exact) mass is 358 g/mol. The minimum atomic E-state index is -0.394. The van der Waals surface area contributed by atoms with Crippen molar-refractivity contribution in [2.75, 3.05) is 7.11 Å². The normalized spacial score (nSPS) is 11.9. The molecule has 0 aliphatic carbocycles. The molecule has 134 valence electrons. The highest BCUT2D eigenvalue weighted by atomic mass is 16.5. The molecule has 0 radical (unpaired) electrons. The van der Waals surface area contributed by atoms with Gasteiger partial charge in [-0.05, 0) is 42.0 Å². The molecule has 0 bridgehead atoms. The van der Waals surface area contributed by atoms with Crippen molar-refractivity contribution in [2.45, 2.75) is 6.04 Å². The van der Waals surface area contributed by atoms with Crippen LogP contribution in [0.4, 0.5) is 0 Å². The van der Waals surface area contributed by atoms with Gasteiger partial charge in [0.05, 0.1) is 18.8 Å². The summed E-state index contributed by atoms with van der Waals surface area (Å²) in [5.41, 5.74) is 9.78. The van der Waals surface area contributed by atoms with Crippen LogP contribution in [0.2, 0.25) is 0 Å². The molecular formula is C20H18N6O. The molecule has 4 aromatic rings. The molecule has 1 unspecified atom stereocenters. The summed E-state index contributed by atoms with van der Waals surface area (Å²) in [6.07, 6.45) is 5.15. The summed E-state index contributed by atoms with van der Waals surface area (Å²) in [5, 5.41) is 8.57. The van der Waals surface area contributed by atoms with Gasteiger partial charge >= 0.3 is 0 Å². The number of H-pyrrole nitrogens is 1. The van der Waals surface area contributed by atoms with Crippen LogP contribution in [0.5, 0.6) is 5.75 Å². The first-order valence-corrected chi connectivity index (χ1v) is 8.44. The van der Waals surface area contributed by atoms with E-state index in [2.05, 4.69) is 25.1 Å². The van der Waals surface area contributed by atoms with Crippen molar-refractivity contribution < 1.29 is 4.74 Å². The SMILES string of the molecule is COc1cccc(-c2nnc(-c3cccnc3C(N)c3ccncc3)[nH]2)c1. The molecule has 4 rings (SSSR count). The highest BCUT2D eigenvalue weighted by Gasteiger charge is 2.18. The maximum atomic E-state index is 6.44. The molecule has 0 amide bonds. The van der Waals surface area contributed by atoms with Gasteiger partial charge in [0.25, 0.3) is 0 Å². The average molecular weight is 358 g/mol. The molecule has 3 N–H and O–H groups in total. The molecular weight excluding hydrogens is 340 g/mol. The van der Waals surface area contributed by atoms with Gasteiger partial charge in [-0.25, -0.2) is 0 Å². The van der Waals surface area contributed by atoms with Crippen molar-refractivity contribution in [2.24, 2.45) is 5.73 Å². The second kappa shape index (κ2) is 7.35. The highest BCUT2D eigenvalue weighted by molar-refractivity contribution is 5.64. The fourth-order valence-corrected chi connectivity index (χ4v) is 2.88. The minimum Gasteiger partial charge on any atom is -0.497 e. The summed E-state index contributed by atoms with van der Waals surface area (Å²) in [7, 11) is 1.63. The summed E-state index contributed by atoms with van der Waals surface area (Å²) >= 11 is 0. The van der Waals surface area contributed by atoms with Crippen molar-refractivity contribution in [1.82, 2.24) is 25.1 Å². The Bertz CT molecular complexity index is 1050. The number of nitrogens with zero attached hydrogens (tertiary/aromatic N) is 4. The van der Waals surface area contributed by atoms with Crippen LogP contribution in [-0.4, -0.2) is 32.3 Å². The molecule has 7 nitrogen and oxygen atoms in total. The maximum Gasteiger partial charge on any atom is 0.163 e. The van der Waals surface area contributed by atoms with E-state index in [0.717, 1.165) is 28.1 Å². The Balaban J connectivity index is 1.72. The number of hydrogen-bond acceptors (Lipinski definition) is 6. The number of hydrogen-bond donors (Lipinski definition) is 2. The lowest BCUT2D eigenvalue weighted by Gasteiger charge is -2.14. The Morgan fingerprint density at radius 3 is 2.59 bits per heavy atom. The Morgan fingerprint density at radius 2 is 1.78 bits per heavy atom. The molecule has 0 aliphatic heterocycles. The van der Waals surface area contributed by atoms with Crippen LogP contribution >= 0.6 is 0 Å². The molecule has 0 spiro atoms. The van der Waals surface area contributed by atoms with E-state index in [9.17, 15) is 0 Å². The quantitative estimate of drug-likeness (QED) is 0.568. The number of benzene rings is 1. The zero-order valence-electron chi connectivity index (χ0n) is 14.7. The number of rotatable bonds is 5. The van der Waals surface area contributed by atoms with Gasteiger partial charge in [-0.1, -0.05) is 12.1 Å². The standard InChI is InChI=1S/C20H18N6O/c1-27-15-5-2-4-14(12-15)19-24-20(26-25-19)16-6-3-9-23-18(16)17(21)13-7-10-22-11-8-13/h2-12,17H,21H2,1H3,(H,24,25,26). The van der Waals surface area contributed by atoms with Gasteiger partial charge in [0.15, 0.2) is 11.6 Å². The van der Waals surface area contributed by atoms with E-state index in [1.807, 2.05) is 48.5 Å². The minimum absolute atomic E-state index is 0.394. The van der Waals surface area contributed by atoms with Gasteiger partial charge in [-0.3, -0.25) is 9.97 Å². The molecule has 0 saturated carbocycles. The topological polar surface area (TPSA) is 103 Å². The molecule has 7 heteroatoms. The predicted molar refractivity (Wildman–Crippen MR) is 102 cm³/mol. The number of pyridine rings is 2. The summed E-state index contributed by atoms with van der Waals surface area (Å²) in [6.45, 7) is 0. The smallest absolute Gasteiger partial charge is 0.163 e. The first kappa shape index (κ1) is 16.9. The molecule has 1 atom stereocenters. The Morgan fingerprint density at radius 1 is 0.963 bits per heavy atom. The van der Waals surface area contributed by atoms with E-state index in [-0.39, 0.29) is 0 Å². The lowest BCUT2D eigenvalue weighted by molar-refractivity contribution is 0.415. The molecule has 27 heavy (non-hydrogen) atoms. The maximum absolute atomic E-state index is 6.44. The summed E-state index contributed by atoms with van der Waals surface area (Å²) in [5.74, 6) is 2.02. The van der Waals surface area contributed by atoms with Crippen LogP contribution in [0.1, 0.15) is 17.3 Å². The van der Waals surface area contributed by atoms with Gasteiger partial charge in [0.1, 0.15) is 5.75 Å². The number of nitrogens with one attached hydrogen (secondary N) is 1. The van der Waals surface area contributed by atoms with Crippen LogP contribution in [0, 0.1) is 0 Å². The third-order valence-corrected chi connectivity index (χ3v) is 4.28. The molecule has 1 aromatic carbocycles. The summed E-state index contributed by atoms with van der Waals surface area (Å²) < 4.78 is 5.27. The summed E-state index contributed by atoms with van der Waals surface area (Å²) in [4.78, 5) is 11.8. The molecule has 0 aliphatic rings. The zero-order chi connectivity index (χ0) is 18.6. The van der Waals surface area contributed by atoms with Crippen molar-refractivity contribution in [1.29, 1.82) is 0 Å². The van der Waals surface area contributed by atoms with E-state index in [1.54, 1.807) is 25.7 Å². The first-order chi connectivity index (χ1) is 13.3. The third kappa shape index (κ3) is 3.40. The largest absolute Gasteiger partial charge is 0.497 e. The van der Waals surface area contributed by atoms with E-state index in [4.69, 9.17) is 10.5 Å². The van der Waals surface area contributed by atoms with Gasteiger partial charge in [-0.15, -0.1) is 10.2 Å². The van der Waals surface area contributed by atoms with Gasteiger partial charge in [0, 0.05) is 29.7 Å². The number of aromatic amines is 1. The number of aromatic nitrogens is 5. The van der Waals surface area contributed by atoms with Crippen molar-refractivity contribution in [3.8, 4) is 28.5 Å². The lowest BCUT2D eigenvalue weighted by Crippen LogP contribution is -2.15. The van der Waals surface area contributed by atoms with Gasteiger partial charge in [0.2, 0.25) is 0 Å². The second-order valence-electron chi connectivity index (χ2n) is 5.95. The second-order valence-corrected chi connectivity index (χ2v) is 5.95. The molecule has 3 aromatic heterocycles. The van der Waals surface area contributed by atoms with Crippen LogP contribution in [0.3, 0.4) is 0 Å². The fourth-order valence-electron chi connectivity index (χ4n) is 2.88. The van der Waals surface area contributed by atoms with E-state index < -0.39 is 6.04 Å². The zero-order valence-corrected chi connectivity index (χ0v) is 14.7. The van der Waals surface area contributed by atoms with Crippen molar-refractivity contribution in [3.05, 3.63) is 78.4 Å². The van der Waals surface area contributed by atoms with Crippen molar-refractivity contribution >= 4 is 0 Å². The van der Waals surface area contributed by atoms with E-state index >= 15 is 0 Å². The van der Waals surface area contributed by atoms with Crippen LogP contribution in [0.25, 0.3) is 22.8 Å². The molecule has 3 heterocycles. The lowest BCUT2D eigenvalue weighted by atomic mass is 10.0. The molecule has 0 saturated heterocycles. The Hall–Kier alpha value is -3.58. The number of methoxy groups -OCH3 is 1. The first-order valence-electron chi connectivity index (χ1n) is 8.44. The fraction of sp³-hybridized carbons (Fsp3) is 0.100. The van der Waals surface area contributed by atoms with Gasteiger partial charge < -0.3 is 15.5 Å². The third-order valence-electron chi connectivity index (χ3n) is 4.28. The van der Waals surface area contributed by atoms with Crippen LogP contribution < -0.4 is 10.5 Å². The van der Waals surface area contributed by atoms with Crippen LogP contribution in [0.15, 0.2) is 67.1 Å². The Labute approximate surface area is 156 Å². The number of ether oxygens (including phenoxy) is 1. The number of nitrogens with two attached hydrogens (primary N) is 1.